The molecule has 1 N–H and O–H groups in total. The van der Waals surface area contributed by atoms with Gasteiger partial charge in [-0.05, 0) is 43.6 Å². The van der Waals surface area contributed by atoms with E-state index in [4.69, 9.17) is 9.84 Å². The van der Waals surface area contributed by atoms with Gasteiger partial charge in [-0.2, -0.15) is 0 Å². The van der Waals surface area contributed by atoms with Gasteiger partial charge in [-0.15, -0.1) is 0 Å². The number of nitro benzene ring substituents is 1. The maximum Gasteiger partial charge on any atom is 0.310 e. The van der Waals surface area contributed by atoms with Gasteiger partial charge in [-0.25, -0.2) is 0 Å². The summed E-state index contributed by atoms with van der Waals surface area (Å²) >= 11 is 0. The molecule has 20 heavy (non-hydrogen) atoms. The summed E-state index contributed by atoms with van der Waals surface area (Å²) in [5.74, 6) is 0.235. The van der Waals surface area contributed by atoms with E-state index < -0.39 is 4.92 Å². The lowest BCUT2D eigenvalue weighted by Crippen LogP contribution is -2.33. The van der Waals surface area contributed by atoms with Crippen LogP contribution in [0.5, 0.6) is 5.75 Å². The van der Waals surface area contributed by atoms with Crippen LogP contribution in [0.4, 0.5) is 5.69 Å². The first kappa shape index (κ1) is 14.7. The largest absolute Gasteiger partial charge is 0.485 e. The van der Waals surface area contributed by atoms with Crippen LogP contribution in [0.15, 0.2) is 18.2 Å². The summed E-state index contributed by atoms with van der Waals surface area (Å²) in [5, 5.41) is 20.0. The predicted octanol–water partition coefficient (Wildman–Crippen LogP) is 1.95. The van der Waals surface area contributed by atoms with Crippen molar-refractivity contribution < 1.29 is 14.8 Å². The average Bonchev–Trinajstić information content (AvgIpc) is 2.48. The summed E-state index contributed by atoms with van der Waals surface area (Å²) in [5.41, 5.74) is 0.560. The molecule has 0 atom stereocenters. The van der Waals surface area contributed by atoms with E-state index in [1.807, 2.05) is 0 Å². The highest BCUT2D eigenvalue weighted by atomic mass is 16.6. The van der Waals surface area contributed by atoms with Crippen LogP contribution in [0.1, 0.15) is 24.8 Å². The van der Waals surface area contributed by atoms with E-state index in [-0.39, 0.29) is 18.0 Å². The van der Waals surface area contributed by atoms with Crippen LogP contribution >= 0.6 is 0 Å². The number of likely N-dealkylation sites (tertiary alicyclic amines) is 1. The molecule has 110 valence electrons. The highest BCUT2D eigenvalue weighted by molar-refractivity contribution is 5.48. The Kier molecular flexibility index (Phi) is 5.31. The first-order valence-electron chi connectivity index (χ1n) is 6.94. The molecule has 1 saturated heterocycles. The van der Waals surface area contributed by atoms with E-state index in [9.17, 15) is 10.1 Å². The molecule has 1 heterocycles. The van der Waals surface area contributed by atoms with E-state index >= 15 is 0 Å². The Balaban J connectivity index is 1.94. The van der Waals surface area contributed by atoms with Gasteiger partial charge < -0.3 is 9.84 Å². The fourth-order valence-corrected chi connectivity index (χ4v) is 2.39. The number of rotatable bonds is 6. The molecule has 0 saturated carbocycles. The van der Waals surface area contributed by atoms with E-state index in [1.165, 1.54) is 37.5 Å². The van der Waals surface area contributed by atoms with E-state index in [0.717, 1.165) is 19.6 Å². The second kappa shape index (κ2) is 7.21. The van der Waals surface area contributed by atoms with Gasteiger partial charge in [0.05, 0.1) is 11.5 Å². The standard InChI is InChI=1S/C14H20N2O4/c17-11-12-4-5-13(16(18)19)14(10-12)20-9-8-15-6-2-1-3-7-15/h4-5,10,17H,1-3,6-9,11H2. The Hall–Kier alpha value is -1.66. The van der Waals surface area contributed by atoms with Gasteiger partial charge in [0.2, 0.25) is 0 Å². The number of hydrogen-bond donors (Lipinski definition) is 1. The van der Waals surface area contributed by atoms with Crippen LogP contribution in [0.2, 0.25) is 0 Å². The fourth-order valence-electron chi connectivity index (χ4n) is 2.39. The Morgan fingerprint density at radius 3 is 2.70 bits per heavy atom. The molecule has 1 aliphatic rings. The molecule has 1 aromatic carbocycles. The Labute approximate surface area is 118 Å². The molecule has 2 rings (SSSR count). The molecule has 0 unspecified atom stereocenters. The summed E-state index contributed by atoms with van der Waals surface area (Å²) in [6.45, 7) is 3.20. The normalized spacial score (nSPS) is 16.1. The van der Waals surface area contributed by atoms with Crippen LogP contribution in [-0.2, 0) is 6.61 Å². The number of benzene rings is 1. The van der Waals surface area contributed by atoms with Crippen molar-refractivity contribution in [1.29, 1.82) is 0 Å². The van der Waals surface area contributed by atoms with Crippen molar-refractivity contribution in [3.8, 4) is 5.75 Å². The van der Waals surface area contributed by atoms with Crippen molar-refractivity contribution in [2.75, 3.05) is 26.2 Å². The maximum absolute atomic E-state index is 10.9. The third-order valence-corrected chi connectivity index (χ3v) is 3.52. The van der Waals surface area contributed by atoms with Crippen LogP contribution in [-0.4, -0.2) is 41.2 Å². The van der Waals surface area contributed by atoms with Crippen molar-refractivity contribution >= 4 is 5.69 Å². The van der Waals surface area contributed by atoms with E-state index in [2.05, 4.69) is 4.90 Å². The molecule has 1 aliphatic heterocycles. The molecule has 1 aromatic rings. The summed E-state index contributed by atoms with van der Waals surface area (Å²) in [4.78, 5) is 12.8. The second-order valence-corrected chi connectivity index (χ2v) is 4.97. The molecular formula is C14H20N2O4. The quantitative estimate of drug-likeness (QED) is 0.636. The topological polar surface area (TPSA) is 75.8 Å². The second-order valence-electron chi connectivity index (χ2n) is 4.97. The SMILES string of the molecule is O=[N+]([O-])c1ccc(CO)cc1OCCN1CCCCC1. The number of ether oxygens (including phenoxy) is 1. The van der Waals surface area contributed by atoms with Crippen LogP contribution in [0.3, 0.4) is 0 Å². The third kappa shape index (κ3) is 3.91. The van der Waals surface area contributed by atoms with Crippen LogP contribution in [0.25, 0.3) is 0 Å². The van der Waals surface area contributed by atoms with Crippen molar-refractivity contribution in [1.82, 2.24) is 4.90 Å². The van der Waals surface area contributed by atoms with Gasteiger partial charge in [-0.1, -0.05) is 6.42 Å². The van der Waals surface area contributed by atoms with E-state index in [0.29, 0.717) is 12.2 Å². The monoisotopic (exact) mass is 280 g/mol. The van der Waals surface area contributed by atoms with E-state index in [1.54, 1.807) is 0 Å². The van der Waals surface area contributed by atoms with Gasteiger partial charge in [0.25, 0.3) is 0 Å². The molecule has 1 fully saturated rings. The third-order valence-electron chi connectivity index (χ3n) is 3.52. The molecule has 0 aliphatic carbocycles. The smallest absolute Gasteiger partial charge is 0.310 e. The molecule has 6 heteroatoms. The average molecular weight is 280 g/mol. The molecule has 0 spiro atoms. The zero-order valence-electron chi connectivity index (χ0n) is 11.5. The summed E-state index contributed by atoms with van der Waals surface area (Å²) < 4.78 is 5.55. The molecule has 0 amide bonds. The van der Waals surface area contributed by atoms with Crippen LogP contribution < -0.4 is 4.74 Å². The van der Waals surface area contributed by atoms with Gasteiger partial charge in [-0.3, -0.25) is 15.0 Å². The molecule has 0 radical (unpaired) electrons. The lowest BCUT2D eigenvalue weighted by atomic mass is 10.1. The van der Waals surface area contributed by atoms with Crippen molar-refractivity contribution in [3.05, 3.63) is 33.9 Å². The Morgan fingerprint density at radius 2 is 2.05 bits per heavy atom. The highest BCUT2D eigenvalue weighted by Crippen LogP contribution is 2.28. The molecule has 0 bridgehead atoms. The summed E-state index contributed by atoms with van der Waals surface area (Å²) in [7, 11) is 0. The zero-order chi connectivity index (χ0) is 14.4. The van der Waals surface area contributed by atoms with Gasteiger partial charge in [0, 0.05) is 12.6 Å². The predicted molar refractivity (Wildman–Crippen MR) is 74.8 cm³/mol. The number of nitrogens with zero attached hydrogens (tertiary/aromatic N) is 2. The molecule has 0 aromatic heterocycles. The van der Waals surface area contributed by atoms with Crippen LogP contribution in [0, 0.1) is 10.1 Å². The van der Waals surface area contributed by atoms with Crippen molar-refractivity contribution in [3.63, 3.8) is 0 Å². The zero-order valence-corrected chi connectivity index (χ0v) is 11.5. The number of hydrogen-bond acceptors (Lipinski definition) is 5. The first-order valence-corrected chi connectivity index (χ1v) is 6.94. The first-order chi connectivity index (χ1) is 9.70. The lowest BCUT2D eigenvalue weighted by Gasteiger charge is -2.26. The van der Waals surface area contributed by atoms with Crippen molar-refractivity contribution in [2.24, 2.45) is 0 Å². The minimum absolute atomic E-state index is 0.0548. The minimum Gasteiger partial charge on any atom is -0.485 e. The highest BCUT2D eigenvalue weighted by Gasteiger charge is 2.16. The van der Waals surface area contributed by atoms with Gasteiger partial charge in [0.1, 0.15) is 6.61 Å². The minimum atomic E-state index is -0.461. The number of nitro groups is 1. The molecule has 6 nitrogen and oxygen atoms in total. The number of piperidine rings is 1. The van der Waals surface area contributed by atoms with Gasteiger partial charge in [0.15, 0.2) is 5.75 Å². The Morgan fingerprint density at radius 1 is 1.30 bits per heavy atom. The number of aliphatic hydroxyl groups excluding tert-OH is 1. The number of aliphatic hydroxyl groups is 1. The maximum atomic E-state index is 10.9. The van der Waals surface area contributed by atoms with Crippen molar-refractivity contribution in [2.45, 2.75) is 25.9 Å². The molecular weight excluding hydrogens is 260 g/mol. The summed E-state index contributed by atoms with van der Waals surface area (Å²) in [6, 6.07) is 4.45. The lowest BCUT2D eigenvalue weighted by molar-refractivity contribution is -0.385. The fraction of sp³-hybridized carbons (Fsp3) is 0.571. The summed E-state index contributed by atoms with van der Waals surface area (Å²) in [6.07, 6.45) is 3.70. The Bertz CT molecular complexity index is 458. The van der Waals surface area contributed by atoms with Gasteiger partial charge >= 0.3 is 5.69 Å².